The van der Waals surface area contributed by atoms with Gasteiger partial charge in [-0.15, -0.1) is 6.58 Å². The van der Waals surface area contributed by atoms with Crippen molar-refractivity contribution < 1.29 is 17.4 Å². The van der Waals surface area contributed by atoms with Gasteiger partial charge in [-0.25, -0.2) is 0 Å². The molecular weight excluding hydrogens is 194 g/mol. The van der Waals surface area contributed by atoms with Crippen LogP contribution >= 0.6 is 0 Å². The second kappa shape index (κ2) is 6.09. The zero-order valence-electron chi connectivity index (χ0n) is 7.60. The standard InChI is InChI=1S/C7H15NO4S/c1-3-4-11-5-7(2)6-13(9,10)12-8/h3,7H,1,4-6,8H2,2H3. The molecule has 0 aliphatic heterocycles. The van der Waals surface area contributed by atoms with E-state index in [4.69, 9.17) is 4.74 Å². The number of ether oxygens (including phenoxy) is 1. The van der Waals surface area contributed by atoms with Crippen molar-refractivity contribution in [3.05, 3.63) is 12.7 Å². The monoisotopic (exact) mass is 209 g/mol. The minimum absolute atomic E-state index is 0.138. The topological polar surface area (TPSA) is 78.6 Å². The Kier molecular flexibility index (Phi) is 5.89. The van der Waals surface area contributed by atoms with Gasteiger partial charge in [0.15, 0.2) is 0 Å². The molecule has 0 saturated heterocycles. The normalized spacial score (nSPS) is 14.0. The summed E-state index contributed by atoms with van der Waals surface area (Å²) in [5.41, 5.74) is 0. The number of rotatable bonds is 7. The highest BCUT2D eigenvalue weighted by Gasteiger charge is 2.15. The lowest BCUT2D eigenvalue weighted by molar-refractivity contribution is 0.134. The van der Waals surface area contributed by atoms with Crippen LogP contribution in [0.1, 0.15) is 6.92 Å². The molecule has 6 heteroatoms. The van der Waals surface area contributed by atoms with Crippen LogP contribution < -0.4 is 5.90 Å². The van der Waals surface area contributed by atoms with Crippen molar-refractivity contribution in [1.82, 2.24) is 0 Å². The van der Waals surface area contributed by atoms with E-state index in [0.717, 1.165) is 0 Å². The van der Waals surface area contributed by atoms with E-state index in [1.807, 2.05) is 0 Å². The Hall–Kier alpha value is -0.430. The first-order valence-electron chi connectivity index (χ1n) is 3.81. The fourth-order valence-corrected chi connectivity index (χ4v) is 1.66. The molecule has 0 heterocycles. The molecule has 0 fully saturated rings. The summed E-state index contributed by atoms with van der Waals surface area (Å²) in [5.74, 6) is 4.28. The minimum atomic E-state index is -3.58. The van der Waals surface area contributed by atoms with E-state index < -0.39 is 10.1 Å². The van der Waals surface area contributed by atoms with Crippen LogP contribution in [0.15, 0.2) is 12.7 Å². The Morgan fingerprint density at radius 2 is 2.23 bits per heavy atom. The highest BCUT2D eigenvalue weighted by molar-refractivity contribution is 7.86. The average Bonchev–Trinajstić information content (AvgIpc) is 2.04. The smallest absolute Gasteiger partial charge is 0.283 e. The van der Waals surface area contributed by atoms with Crippen molar-refractivity contribution >= 4 is 10.1 Å². The van der Waals surface area contributed by atoms with Crippen molar-refractivity contribution in [2.45, 2.75) is 6.92 Å². The van der Waals surface area contributed by atoms with Gasteiger partial charge in [0.1, 0.15) is 0 Å². The molecule has 2 N–H and O–H groups in total. The highest BCUT2D eigenvalue weighted by atomic mass is 32.2. The molecular formula is C7H15NO4S. The average molecular weight is 209 g/mol. The van der Waals surface area contributed by atoms with Gasteiger partial charge < -0.3 is 4.74 Å². The lowest BCUT2D eigenvalue weighted by Crippen LogP contribution is -2.22. The van der Waals surface area contributed by atoms with Gasteiger partial charge >= 0.3 is 0 Å². The van der Waals surface area contributed by atoms with E-state index in [-0.39, 0.29) is 11.7 Å². The number of nitrogens with two attached hydrogens (primary N) is 1. The summed E-state index contributed by atoms with van der Waals surface area (Å²) in [7, 11) is -3.58. The molecule has 0 aliphatic rings. The van der Waals surface area contributed by atoms with Gasteiger partial charge in [-0.2, -0.15) is 18.6 Å². The molecule has 0 radical (unpaired) electrons. The maximum Gasteiger partial charge on any atom is 0.283 e. The third kappa shape index (κ3) is 6.71. The van der Waals surface area contributed by atoms with E-state index in [9.17, 15) is 8.42 Å². The van der Waals surface area contributed by atoms with E-state index in [1.165, 1.54) is 0 Å². The molecule has 0 amide bonds. The van der Waals surface area contributed by atoms with Gasteiger partial charge in [0.2, 0.25) is 0 Å². The number of hydrogen-bond donors (Lipinski definition) is 1. The molecule has 0 saturated carbocycles. The van der Waals surface area contributed by atoms with Gasteiger partial charge in [0, 0.05) is 0 Å². The maximum atomic E-state index is 10.8. The molecule has 0 aromatic heterocycles. The molecule has 13 heavy (non-hydrogen) atoms. The van der Waals surface area contributed by atoms with Crippen LogP contribution in [0.25, 0.3) is 0 Å². The van der Waals surface area contributed by atoms with Gasteiger partial charge in [-0.05, 0) is 5.92 Å². The Labute approximate surface area is 78.6 Å². The first kappa shape index (κ1) is 12.6. The van der Waals surface area contributed by atoms with E-state index in [2.05, 4.69) is 16.8 Å². The maximum absolute atomic E-state index is 10.8. The lowest BCUT2D eigenvalue weighted by atomic mass is 10.2. The van der Waals surface area contributed by atoms with Crippen LogP contribution in [0.4, 0.5) is 0 Å². The summed E-state index contributed by atoms with van der Waals surface area (Å²) in [4.78, 5) is 0. The van der Waals surface area contributed by atoms with Crippen molar-refractivity contribution in [3.8, 4) is 0 Å². The molecule has 0 aliphatic carbocycles. The lowest BCUT2D eigenvalue weighted by Gasteiger charge is -2.09. The zero-order chi connectivity index (χ0) is 10.3. The Morgan fingerprint density at radius 1 is 1.62 bits per heavy atom. The van der Waals surface area contributed by atoms with E-state index in [1.54, 1.807) is 13.0 Å². The van der Waals surface area contributed by atoms with Gasteiger partial charge in [-0.3, -0.25) is 0 Å². The van der Waals surface area contributed by atoms with Crippen LogP contribution in [0, 0.1) is 5.92 Å². The molecule has 0 aromatic rings. The second-order valence-corrected chi connectivity index (χ2v) is 4.39. The third-order valence-corrected chi connectivity index (χ3v) is 2.54. The first-order chi connectivity index (χ1) is 6.02. The zero-order valence-corrected chi connectivity index (χ0v) is 8.42. The molecule has 0 rings (SSSR count). The SMILES string of the molecule is C=CCOCC(C)CS(=O)(=O)ON. The molecule has 1 atom stereocenters. The summed E-state index contributed by atoms with van der Waals surface area (Å²) >= 11 is 0. The van der Waals surface area contributed by atoms with Gasteiger partial charge in [-0.1, -0.05) is 13.0 Å². The molecule has 78 valence electrons. The van der Waals surface area contributed by atoms with Gasteiger partial charge in [0.25, 0.3) is 10.1 Å². The first-order valence-corrected chi connectivity index (χ1v) is 5.39. The molecule has 5 nitrogen and oxygen atoms in total. The van der Waals surface area contributed by atoms with Crippen LogP contribution in [0.3, 0.4) is 0 Å². The number of hydrogen-bond acceptors (Lipinski definition) is 5. The molecule has 0 bridgehead atoms. The summed E-state index contributed by atoms with van der Waals surface area (Å²) in [5, 5.41) is 0. The van der Waals surface area contributed by atoms with Crippen LogP contribution in [0.2, 0.25) is 0 Å². The molecule has 1 unspecified atom stereocenters. The summed E-state index contributed by atoms with van der Waals surface area (Å²) < 4.78 is 30.5. The Bertz CT molecular complexity index is 237. The van der Waals surface area contributed by atoms with Crippen molar-refractivity contribution in [3.63, 3.8) is 0 Å². The van der Waals surface area contributed by atoms with Crippen LogP contribution in [-0.2, 0) is 19.1 Å². The van der Waals surface area contributed by atoms with Crippen LogP contribution in [-0.4, -0.2) is 27.4 Å². The van der Waals surface area contributed by atoms with Crippen molar-refractivity contribution in [2.75, 3.05) is 19.0 Å². The predicted molar refractivity (Wildman–Crippen MR) is 49.2 cm³/mol. The minimum Gasteiger partial charge on any atom is -0.377 e. The third-order valence-electron chi connectivity index (χ3n) is 1.27. The van der Waals surface area contributed by atoms with E-state index >= 15 is 0 Å². The molecule has 0 aromatic carbocycles. The fourth-order valence-electron chi connectivity index (χ4n) is 0.788. The van der Waals surface area contributed by atoms with Gasteiger partial charge in [0.05, 0.1) is 19.0 Å². The Morgan fingerprint density at radius 3 is 2.69 bits per heavy atom. The summed E-state index contributed by atoms with van der Waals surface area (Å²) in [6.45, 7) is 5.95. The van der Waals surface area contributed by atoms with Crippen LogP contribution in [0.5, 0.6) is 0 Å². The predicted octanol–water partition coefficient (Wildman–Crippen LogP) is 0.0452. The summed E-state index contributed by atoms with van der Waals surface area (Å²) in [6, 6.07) is 0. The Balaban J connectivity index is 3.74. The fraction of sp³-hybridized carbons (Fsp3) is 0.714. The summed E-state index contributed by atoms with van der Waals surface area (Å²) in [6.07, 6.45) is 1.60. The van der Waals surface area contributed by atoms with Crippen molar-refractivity contribution in [1.29, 1.82) is 0 Å². The van der Waals surface area contributed by atoms with E-state index in [0.29, 0.717) is 13.2 Å². The second-order valence-electron chi connectivity index (χ2n) is 2.75. The highest BCUT2D eigenvalue weighted by Crippen LogP contribution is 2.02. The largest absolute Gasteiger partial charge is 0.377 e. The quantitative estimate of drug-likeness (QED) is 0.364. The van der Waals surface area contributed by atoms with Crippen molar-refractivity contribution in [2.24, 2.45) is 11.8 Å². The molecule has 0 spiro atoms.